The number of nitrogens with one attached hydrogen (secondary N) is 1. The van der Waals surface area contributed by atoms with E-state index in [1.165, 1.54) is 7.11 Å². The predicted molar refractivity (Wildman–Crippen MR) is 73.8 cm³/mol. The minimum atomic E-state index is -0.555. The van der Waals surface area contributed by atoms with Crippen LogP contribution in [-0.4, -0.2) is 18.1 Å². The van der Waals surface area contributed by atoms with Gasteiger partial charge in [0.1, 0.15) is 0 Å². The van der Waals surface area contributed by atoms with Gasteiger partial charge in [-0.05, 0) is 25.1 Å². The van der Waals surface area contributed by atoms with Gasteiger partial charge in [-0.2, -0.15) is 0 Å². The van der Waals surface area contributed by atoms with Gasteiger partial charge in [-0.15, -0.1) is 0 Å². The number of methoxy groups -OCH3 is 1. The van der Waals surface area contributed by atoms with E-state index >= 15 is 0 Å². The Hall–Kier alpha value is -2.36. The van der Waals surface area contributed by atoms with Crippen LogP contribution in [0.4, 0.5) is 5.69 Å². The van der Waals surface area contributed by atoms with Crippen LogP contribution in [0, 0.1) is 6.92 Å². The van der Waals surface area contributed by atoms with Gasteiger partial charge in [0.25, 0.3) is 0 Å². The molecule has 1 unspecified atom stereocenters. The number of ether oxygens (including phenoxy) is 1. The third-order valence-electron chi connectivity index (χ3n) is 2.79. The molecule has 0 aliphatic heterocycles. The first kappa shape index (κ1) is 13.1. The number of benzene rings is 1. The van der Waals surface area contributed by atoms with E-state index in [0.717, 1.165) is 16.9 Å². The largest absolute Gasteiger partial charge is 0.467 e. The van der Waals surface area contributed by atoms with E-state index in [1.54, 1.807) is 6.20 Å². The summed E-state index contributed by atoms with van der Waals surface area (Å²) in [7, 11) is 1.38. The molecule has 1 N–H and O–H groups in total. The molecular weight excluding hydrogens is 240 g/mol. The van der Waals surface area contributed by atoms with Gasteiger partial charge >= 0.3 is 5.97 Å². The van der Waals surface area contributed by atoms with Crippen molar-refractivity contribution in [1.29, 1.82) is 0 Å². The van der Waals surface area contributed by atoms with Gasteiger partial charge in [0, 0.05) is 23.1 Å². The highest BCUT2D eigenvalue weighted by atomic mass is 16.5. The number of rotatable bonds is 4. The Bertz CT molecular complexity index is 538. The molecule has 0 spiro atoms. The molecular formula is C15H16N2O2. The first-order valence-corrected chi connectivity index (χ1v) is 6.02. The number of aromatic nitrogens is 1. The molecule has 1 aromatic heterocycles. The summed E-state index contributed by atoms with van der Waals surface area (Å²) in [6.07, 6.45) is 1.69. The molecule has 98 valence electrons. The molecule has 2 aromatic rings. The van der Waals surface area contributed by atoms with E-state index in [-0.39, 0.29) is 5.97 Å². The Morgan fingerprint density at radius 3 is 2.53 bits per heavy atom. The fourth-order valence-electron chi connectivity index (χ4n) is 1.75. The average Bonchev–Trinajstić information content (AvgIpc) is 2.46. The summed E-state index contributed by atoms with van der Waals surface area (Å²) in [4.78, 5) is 16.1. The van der Waals surface area contributed by atoms with Crippen LogP contribution in [0.5, 0.6) is 0 Å². The first-order valence-electron chi connectivity index (χ1n) is 6.02. The van der Waals surface area contributed by atoms with Crippen LogP contribution in [0.15, 0.2) is 48.7 Å². The van der Waals surface area contributed by atoms with E-state index < -0.39 is 6.04 Å². The van der Waals surface area contributed by atoms with Gasteiger partial charge < -0.3 is 10.1 Å². The van der Waals surface area contributed by atoms with Crippen molar-refractivity contribution in [2.45, 2.75) is 13.0 Å². The number of aryl methyl sites for hydroxylation is 1. The molecule has 4 nitrogen and oxygen atoms in total. The summed E-state index contributed by atoms with van der Waals surface area (Å²) < 4.78 is 4.84. The Kier molecular flexibility index (Phi) is 4.13. The topological polar surface area (TPSA) is 51.2 Å². The Morgan fingerprint density at radius 2 is 1.95 bits per heavy atom. The number of carbonyl (C=O) groups excluding carboxylic acids is 1. The third kappa shape index (κ3) is 3.31. The van der Waals surface area contributed by atoms with Crippen LogP contribution < -0.4 is 5.32 Å². The Morgan fingerprint density at radius 1 is 1.21 bits per heavy atom. The highest BCUT2D eigenvalue weighted by molar-refractivity contribution is 5.80. The number of hydrogen-bond donors (Lipinski definition) is 1. The number of pyridine rings is 1. The molecule has 4 heteroatoms. The number of hydrogen-bond acceptors (Lipinski definition) is 4. The molecule has 0 saturated heterocycles. The summed E-state index contributed by atoms with van der Waals surface area (Å²) in [6.45, 7) is 1.90. The van der Waals surface area contributed by atoms with Crippen molar-refractivity contribution < 1.29 is 9.53 Å². The molecule has 0 aliphatic carbocycles. The lowest BCUT2D eigenvalue weighted by molar-refractivity contribution is -0.141. The molecule has 2 rings (SSSR count). The van der Waals surface area contributed by atoms with Crippen molar-refractivity contribution in [1.82, 2.24) is 4.98 Å². The number of nitrogens with zero attached hydrogens (tertiary/aromatic N) is 1. The minimum absolute atomic E-state index is 0.338. The van der Waals surface area contributed by atoms with Crippen LogP contribution in [0.2, 0.25) is 0 Å². The van der Waals surface area contributed by atoms with E-state index in [0.29, 0.717) is 0 Å². The van der Waals surface area contributed by atoms with Crippen LogP contribution >= 0.6 is 0 Å². The van der Waals surface area contributed by atoms with Gasteiger partial charge in [-0.25, -0.2) is 4.79 Å². The van der Waals surface area contributed by atoms with Crippen molar-refractivity contribution in [3.63, 3.8) is 0 Å². The zero-order valence-corrected chi connectivity index (χ0v) is 11.0. The number of anilines is 1. The summed E-state index contributed by atoms with van der Waals surface area (Å²) in [5, 5.41) is 3.15. The van der Waals surface area contributed by atoms with Crippen molar-refractivity contribution in [2.75, 3.05) is 12.4 Å². The predicted octanol–water partition coefficient (Wildman–Crippen LogP) is 2.72. The van der Waals surface area contributed by atoms with E-state index in [1.807, 2.05) is 49.4 Å². The molecule has 0 saturated carbocycles. The standard InChI is InChI=1S/C15H16N2O2/c1-11-8-9-12(10-16-11)14(15(18)19-2)17-13-6-4-3-5-7-13/h3-10,14,17H,1-2H3. The van der Waals surface area contributed by atoms with Crippen LogP contribution in [0.1, 0.15) is 17.3 Å². The fourth-order valence-corrected chi connectivity index (χ4v) is 1.75. The fraction of sp³-hybridized carbons (Fsp3) is 0.200. The summed E-state index contributed by atoms with van der Waals surface area (Å²) in [5.74, 6) is -0.338. The maximum absolute atomic E-state index is 11.9. The third-order valence-corrected chi connectivity index (χ3v) is 2.79. The smallest absolute Gasteiger partial charge is 0.333 e. The highest BCUT2D eigenvalue weighted by Crippen LogP contribution is 2.20. The van der Waals surface area contributed by atoms with E-state index in [2.05, 4.69) is 10.3 Å². The molecule has 0 radical (unpaired) electrons. The monoisotopic (exact) mass is 256 g/mol. The van der Waals surface area contributed by atoms with E-state index in [4.69, 9.17) is 4.74 Å². The van der Waals surface area contributed by atoms with Gasteiger partial charge in [0.2, 0.25) is 0 Å². The molecule has 0 aliphatic rings. The molecule has 1 heterocycles. The SMILES string of the molecule is COC(=O)C(Nc1ccccc1)c1ccc(C)nc1. The second-order valence-corrected chi connectivity index (χ2v) is 4.20. The summed E-state index contributed by atoms with van der Waals surface area (Å²) in [6, 6.07) is 12.7. The highest BCUT2D eigenvalue weighted by Gasteiger charge is 2.21. The Balaban J connectivity index is 2.26. The first-order chi connectivity index (χ1) is 9.20. The summed E-state index contributed by atoms with van der Waals surface area (Å²) >= 11 is 0. The average molecular weight is 256 g/mol. The second kappa shape index (κ2) is 6.00. The molecule has 19 heavy (non-hydrogen) atoms. The lowest BCUT2D eigenvalue weighted by Gasteiger charge is -2.17. The molecule has 0 amide bonds. The lowest BCUT2D eigenvalue weighted by Crippen LogP contribution is -2.22. The van der Waals surface area contributed by atoms with Crippen molar-refractivity contribution in [3.8, 4) is 0 Å². The van der Waals surface area contributed by atoms with Gasteiger partial charge in [-0.1, -0.05) is 24.3 Å². The van der Waals surface area contributed by atoms with Crippen LogP contribution in [0.25, 0.3) is 0 Å². The molecule has 0 bridgehead atoms. The van der Waals surface area contributed by atoms with E-state index in [9.17, 15) is 4.79 Å². The normalized spacial score (nSPS) is 11.7. The van der Waals surface area contributed by atoms with Gasteiger partial charge in [0.15, 0.2) is 6.04 Å². The van der Waals surface area contributed by atoms with Crippen molar-refractivity contribution in [3.05, 3.63) is 59.9 Å². The minimum Gasteiger partial charge on any atom is -0.467 e. The quantitative estimate of drug-likeness (QED) is 0.854. The number of carbonyl (C=O) groups is 1. The second-order valence-electron chi connectivity index (χ2n) is 4.20. The zero-order valence-electron chi connectivity index (χ0n) is 11.0. The Labute approximate surface area is 112 Å². The number of para-hydroxylation sites is 1. The summed E-state index contributed by atoms with van der Waals surface area (Å²) in [5.41, 5.74) is 2.55. The maximum Gasteiger partial charge on any atom is 0.333 e. The molecule has 1 aromatic carbocycles. The molecule has 1 atom stereocenters. The van der Waals surface area contributed by atoms with Gasteiger partial charge in [-0.3, -0.25) is 4.98 Å². The zero-order chi connectivity index (χ0) is 13.7. The number of esters is 1. The molecule has 0 fully saturated rings. The van der Waals surface area contributed by atoms with Crippen LogP contribution in [-0.2, 0) is 9.53 Å². The lowest BCUT2D eigenvalue weighted by atomic mass is 10.1. The van der Waals surface area contributed by atoms with Gasteiger partial charge in [0.05, 0.1) is 7.11 Å². The van der Waals surface area contributed by atoms with Crippen molar-refractivity contribution >= 4 is 11.7 Å². The van der Waals surface area contributed by atoms with Crippen molar-refractivity contribution in [2.24, 2.45) is 0 Å². The maximum atomic E-state index is 11.9. The van der Waals surface area contributed by atoms with Crippen LogP contribution in [0.3, 0.4) is 0 Å².